The van der Waals surface area contributed by atoms with E-state index in [-0.39, 0.29) is 6.04 Å². The maximum atomic E-state index is 5.24. The van der Waals surface area contributed by atoms with E-state index in [9.17, 15) is 0 Å². The fourth-order valence-electron chi connectivity index (χ4n) is 2.03. The summed E-state index contributed by atoms with van der Waals surface area (Å²) in [5, 5.41) is 3.53. The highest BCUT2D eigenvalue weighted by atomic mass is 79.9. The summed E-state index contributed by atoms with van der Waals surface area (Å²) in [6, 6.07) is 14.7. The second-order valence-corrected chi connectivity index (χ2v) is 6.30. The lowest BCUT2D eigenvalue weighted by Crippen LogP contribution is -2.18. The molecular formula is C16H17Br2NO. The molecule has 4 heteroatoms. The molecule has 2 rings (SSSR count). The van der Waals surface area contributed by atoms with Gasteiger partial charge in [-0.05, 0) is 52.2 Å². The Morgan fingerprint density at radius 3 is 2.50 bits per heavy atom. The molecule has 2 aromatic carbocycles. The van der Waals surface area contributed by atoms with Crippen molar-refractivity contribution in [1.29, 1.82) is 0 Å². The van der Waals surface area contributed by atoms with Crippen LogP contribution in [0.25, 0.3) is 0 Å². The van der Waals surface area contributed by atoms with Gasteiger partial charge in [0.15, 0.2) is 0 Å². The van der Waals surface area contributed by atoms with Crippen LogP contribution >= 0.6 is 31.9 Å². The normalized spacial score (nSPS) is 12.2. The van der Waals surface area contributed by atoms with Gasteiger partial charge in [0.2, 0.25) is 0 Å². The van der Waals surface area contributed by atoms with Crippen LogP contribution in [-0.4, -0.2) is 7.11 Å². The van der Waals surface area contributed by atoms with Crippen molar-refractivity contribution in [3.63, 3.8) is 0 Å². The van der Waals surface area contributed by atoms with Gasteiger partial charge in [-0.1, -0.05) is 40.2 Å². The zero-order valence-electron chi connectivity index (χ0n) is 11.5. The minimum Gasteiger partial charge on any atom is -0.496 e. The molecule has 20 heavy (non-hydrogen) atoms. The average molecular weight is 399 g/mol. The first-order chi connectivity index (χ1) is 9.61. The summed E-state index contributed by atoms with van der Waals surface area (Å²) in [5.41, 5.74) is 2.48. The third-order valence-electron chi connectivity index (χ3n) is 3.20. The van der Waals surface area contributed by atoms with E-state index < -0.39 is 0 Å². The van der Waals surface area contributed by atoms with Gasteiger partial charge in [-0.3, -0.25) is 0 Å². The van der Waals surface area contributed by atoms with Gasteiger partial charge in [0.1, 0.15) is 5.75 Å². The Balaban J connectivity index is 2.02. The maximum absolute atomic E-state index is 5.24. The number of ether oxygens (including phenoxy) is 1. The monoisotopic (exact) mass is 397 g/mol. The third-order valence-corrected chi connectivity index (χ3v) is 4.54. The number of rotatable bonds is 5. The van der Waals surface area contributed by atoms with E-state index in [1.165, 1.54) is 11.1 Å². The van der Waals surface area contributed by atoms with Crippen molar-refractivity contribution < 1.29 is 4.74 Å². The van der Waals surface area contributed by atoms with Crippen molar-refractivity contribution >= 4 is 31.9 Å². The van der Waals surface area contributed by atoms with Crippen LogP contribution in [0.5, 0.6) is 5.75 Å². The Morgan fingerprint density at radius 1 is 1.10 bits per heavy atom. The number of benzene rings is 2. The van der Waals surface area contributed by atoms with Crippen molar-refractivity contribution in [3.8, 4) is 5.75 Å². The van der Waals surface area contributed by atoms with Crippen molar-refractivity contribution in [3.05, 3.63) is 62.5 Å². The second kappa shape index (κ2) is 7.25. The molecule has 0 aliphatic heterocycles. The van der Waals surface area contributed by atoms with Crippen LogP contribution in [0.2, 0.25) is 0 Å². The molecule has 0 fully saturated rings. The smallest absolute Gasteiger partial charge is 0.133 e. The number of hydrogen-bond acceptors (Lipinski definition) is 2. The largest absolute Gasteiger partial charge is 0.496 e. The van der Waals surface area contributed by atoms with E-state index in [4.69, 9.17) is 4.74 Å². The van der Waals surface area contributed by atoms with Crippen LogP contribution in [-0.2, 0) is 6.54 Å². The van der Waals surface area contributed by atoms with Gasteiger partial charge in [0.25, 0.3) is 0 Å². The van der Waals surface area contributed by atoms with E-state index in [2.05, 4.69) is 74.4 Å². The van der Waals surface area contributed by atoms with Crippen LogP contribution in [0.1, 0.15) is 24.1 Å². The number of methoxy groups -OCH3 is 1. The lowest BCUT2D eigenvalue weighted by Gasteiger charge is -2.16. The summed E-state index contributed by atoms with van der Waals surface area (Å²) < 4.78 is 7.35. The molecule has 2 nitrogen and oxygen atoms in total. The molecule has 1 atom stereocenters. The molecule has 106 valence electrons. The number of halogens is 2. The van der Waals surface area contributed by atoms with Crippen molar-refractivity contribution in [2.24, 2.45) is 0 Å². The van der Waals surface area contributed by atoms with Crippen molar-refractivity contribution in [1.82, 2.24) is 5.32 Å². The molecular weight excluding hydrogens is 382 g/mol. The first-order valence-electron chi connectivity index (χ1n) is 6.42. The molecule has 0 aromatic heterocycles. The molecule has 0 saturated heterocycles. The summed E-state index contributed by atoms with van der Waals surface area (Å²) in [5.74, 6) is 0.854. The lowest BCUT2D eigenvalue weighted by atomic mass is 10.1. The minimum absolute atomic E-state index is 0.284. The quantitative estimate of drug-likeness (QED) is 0.758. The molecule has 0 spiro atoms. The first-order valence-corrected chi connectivity index (χ1v) is 8.00. The van der Waals surface area contributed by atoms with Gasteiger partial charge in [-0.15, -0.1) is 0 Å². The van der Waals surface area contributed by atoms with E-state index in [0.717, 1.165) is 21.2 Å². The highest BCUT2D eigenvalue weighted by Gasteiger charge is 2.08. The topological polar surface area (TPSA) is 21.3 Å². The Bertz CT molecular complexity index is 586. The number of nitrogens with one attached hydrogen (secondary N) is 1. The Morgan fingerprint density at radius 2 is 1.85 bits per heavy atom. The van der Waals surface area contributed by atoms with Crippen LogP contribution in [0, 0.1) is 0 Å². The highest BCUT2D eigenvalue weighted by Crippen LogP contribution is 2.26. The Kier molecular flexibility index (Phi) is 5.64. The molecule has 0 unspecified atom stereocenters. The van der Waals surface area contributed by atoms with Gasteiger partial charge in [-0.25, -0.2) is 0 Å². The van der Waals surface area contributed by atoms with Crippen LogP contribution in [0.3, 0.4) is 0 Å². The zero-order valence-corrected chi connectivity index (χ0v) is 14.7. The SMILES string of the molecule is COc1ccc(CN[C@@H](C)c2ccccc2Br)cc1Br. The molecule has 0 saturated carbocycles. The molecule has 0 bridgehead atoms. The van der Waals surface area contributed by atoms with E-state index in [0.29, 0.717) is 0 Å². The van der Waals surface area contributed by atoms with Crippen LogP contribution < -0.4 is 10.1 Å². The maximum Gasteiger partial charge on any atom is 0.133 e. The zero-order chi connectivity index (χ0) is 14.5. The van der Waals surface area contributed by atoms with Crippen LogP contribution in [0.15, 0.2) is 51.4 Å². The van der Waals surface area contributed by atoms with Crippen molar-refractivity contribution in [2.75, 3.05) is 7.11 Å². The second-order valence-electron chi connectivity index (χ2n) is 4.59. The summed E-state index contributed by atoms with van der Waals surface area (Å²) in [6.07, 6.45) is 0. The van der Waals surface area contributed by atoms with E-state index >= 15 is 0 Å². The standard InChI is InChI=1S/C16H17Br2NO/c1-11(13-5-3-4-6-14(13)17)19-10-12-7-8-16(20-2)15(18)9-12/h3-9,11,19H,10H2,1-2H3/t11-/m0/s1. The highest BCUT2D eigenvalue weighted by molar-refractivity contribution is 9.10. The predicted octanol–water partition coefficient (Wildman–Crippen LogP) is 5.07. The molecule has 0 radical (unpaired) electrons. The summed E-state index contributed by atoms with van der Waals surface area (Å²) >= 11 is 7.10. The van der Waals surface area contributed by atoms with Gasteiger partial charge in [0, 0.05) is 17.1 Å². The summed E-state index contributed by atoms with van der Waals surface area (Å²) in [4.78, 5) is 0. The molecule has 0 heterocycles. The van der Waals surface area contributed by atoms with Gasteiger partial charge < -0.3 is 10.1 Å². The first kappa shape index (κ1) is 15.5. The van der Waals surface area contributed by atoms with Gasteiger partial charge in [0.05, 0.1) is 11.6 Å². The molecule has 0 aliphatic rings. The van der Waals surface area contributed by atoms with E-state index in [1.807, 2.05) is 12.1 Å². The van der Waals surface area contributed by atoms with Crippen LogP contribution in [0.4, 0.5) is 0 Å². The van der Waals surface area contributed by atoms with Gasteiger partial charge in [-0.2, -0.15) is 0 Å². The number of hydrogen-bond donors (Lipinski definition) is 1. The fraction of sp³-hybridized carbons (Fsp3) is 0.250. The summed E-state index contributed by atoms with van der Waals surface area (Å²) in [6.45, 7) is 2.98. The molecule has 1 N–H and O–H groups in total. The Hall–Kier alpha value is -0.840. The van der Waals surface area contributed by atoms with Gasteiger partial charge >= 0.3 is 0 Å². The molecule has 2 aromatic rings. The predicted molar refractivity (Wildman–Crippen MR) is 90.1 cm³/mol. The summed E-state index contributed by atoms with van der Waals surface area (Å²) in [7, 11) is 1.67. The Labute approximate surface area is 136 Å². The molecule has 0 amide bonds. The molecule has 0 aliphatic carbocycles. The minimum atomic E-state index is 0.284. The lowest BCUT2D eigenvalue weighted by molar-refractivity contribution is 0.412. The average Bonchev–Trinajstić information content (AvgIpc) is 2.45. The fourth-order valence-corrected chi connectivity index (χ4v) is 3.24. The third kappa shape index (κ3) is 3.84. The van der Waals surface area contributed by atoms with Crippen molar-refractivity contribution in [2.45, 2.75) is 19.5 Å². The van der Waals surface area contributed by atoms with E-state index in [1.54, 1.807) is 7.11 Å².